The number of halogens is 1. The van der Waals surface area contributed by atoms with Gasteiger partial charge >= 0.3 is 0 Å². The van der Waals surface area contributed by atoms with E-state index in [1.165, 1.54) is 11.8 Å². The van der Waals surface area contributed by atoms with Crippen LogP contribution in [0.25, 0.3) is 6.08 Å². The van der Waals surface area contributed by atoms with Gasteiger partial charge in [-0.25, -0.2) is 0 Å². The maximum atomic E-state index is 12.9. The first-order valence-electron chi connectivity index (χ1n) is 8.57. The number of hydrogen-bond donors (Lipinski definition) is 0. The van der Waals surface area contributed by atoms with E-state index >= 15 is 0 Å². The standard InChI is InChI=1S/C21H18BrNO3S2/c1-3-10-26-17-9-8-14(11-18(17)25-4-2)12-19-20(24)23(21(27)28-19)16-7-5-6-15(22)13-16/h3,5-9,11-13H,1,4,10H2,2H3/b19-12+. The third-order valence-corrected chi connectivity index (χ3v) is 5.58. The molecular weight excluding hydrogens is 458 g/mol. The quantitative estimate of drug-likeness (QED) is 0.286. The average Bonchev–Trinajstić information content (AvgIpc) is 2.94. The van der Waals surface area contributed by atoms with Crippen LogP contribution in [0.4, 0.5) is 5.69 Å². The molecule has 7 heteroatoms. The monoisotopic (exact) mass is 475 g/mol. The molecule has 1 heterocycles. The van der Waals surface area contributed by atoms with Crippen molar-refractivity contribution < 1.29 is 14.3 Å². The highest BCUT2D eigenvalue weighted by atomic mass is 79.9. The Morgan fingerprint density at radius 2 is 2.04 bits per heavy atom. The maximum absolute atomic E-state index is 12.9. The first kappa shape index (κ1) is 20.6. The topological polar surface area (TPSA) is 38.8 Å². The summed E-state index contributed by atoms with van der Waals surface area (Å²) in [5, 5.41) is 0. The zero-order chi connectivity index (χ0) is 20.1. The van der Waals surface area contributed by atoms with E-state index in [9.17, 15) is 4.79 Å². The van der Waals surface area contributed by atoms with Gasteiger partial charge in [-0.1, -0.05) is 64.7 Å². The first-order chi connectivity index (χ1) is 13.5. The van der Waals surface area contributed by atoms with Crippen LogP contribution in [0.3, 0.4) is 0 Å². The number of carbonyl (C=O) groups is 1. The summed E-state index contributed by atoms with van der Waals surface area (Å²) in [5.74, 6) is 1.12. The number of thiocarbonyl (C=S) groups is 1. The summed E-state index contributed by atoms with van der Waals surface area (Å²) < 4.78 is 12.7. The smallest absolute Gasteiger partial charge is 0.270 e. The molecule has 0 bridgehead atoms. The molecule has 0 N–H and O–H groups in total. The Bertz CT molecular complexity index is 958. The molecule has 0 unspecified atom stereocenters. The van der Waals surface area contributed by atoms with Crippen LogP contribution < -0.4 is 14.4 Å². The van der Waals surface area contributed by atoms with Crippen molar-refractivity contribution in [2.24, 2.45) is 0 Å². The fourth-order valence-electron chi connectivity index (χ4n) is 2.61. The number of ether oxygens (including phenoxy) is 2. The van der Waals surface area contributed by atoms with E-state index in [-0.39, 0.29) is 5.91 Å². The van der Waals surface area contributed by atoms with Gasteiger partial charge in [-0.15, -0.1) is 0 Å². The van der Waals surface area contributed by atoms with Crippen LogP contribution in [0, 0.1) is 0 Å². The van der Waals surface area contributed by atoms with E-state index in [1.807, 2.05) is 55.5 Å². The fourth-order valence-corrected chi connectivity index (χ4v) is 4.29. The first-order valence-corrected chi connectivity index (χ1v) is 10.6. The van der Waals surface area contributed by atoms with E-state index in [0.29, 0.717) is 33.9 Å². The van der Waals surface area contributed by atoms with Crippen molar-refractivity contribution in [2.45, 2.75) is 6.92 Å². The van der Waals surface area contributed by atoms with Gasteiger partial charge in [0.25, 0.3) is 5.91 Å². The minimum Gasteiger partial charge on any atom is -0.490 e. The average molecular weight is 476 g/mol. The number of hydrogen-bond acceptors (Lipinski definition) is 5. The number of anilines is 1. The zero-order valence-electron chi connectivity index (χ0n) is 15.2. The third-order valence-electron chi connectivity index (χ3n) is 3.78. The van der Waals surface area contributed by atoms with Crippen molar-refractivity contribution in [3.8, 4) is 11.5 Å². The molecule has 0 aromatic heterocycles. The number of carbonyl (C=O) groups excluding carboxylic acids is 1. The van der Waals surface area contributed by atoms with E-state index in [4.69, 9.17) is 21.7 Å². The van der Waals surface area contributed by atoms with Crippen LogP contribution in [-0.4, -0.2) is 23.4 Å². The SMILES string of the molecule is C=CCOc1ccc(/C=C2/SC(=S)N(c3cccc(Br)c3)C2=O)cc1OCC. The van der Waals surface area contributed by atoms with Gasteiger partial charge in [0.1, 0.15) is 6.61 Å². The number of nitrogens with zero attached hydrogens (tertiary/aromatic N) is 1. The Morgan fingerprint density at radius 1 is 1.21 bits per heavy atom. The van der Waals surface area contributed by atoms with Crippen molar-refractivity contribution in [1.82, 2.24) is 0 Å². The molecule has 1 amide bonds. The van der Waals surface area contributed by atoms with Gasteiger partial charge in [0, 0.05) is 4.47 Å². The summed E-state index contributed by atoms with van der Waals surface area (Å²) in [6, 6.07) is 13.1. The largest absolute Gasteiger partial charge is 0.490 e. The van der Waals surface area contributed by atoms with Gasteiger partial charge in [-0.3, -0.25) is 9.69 Å². The normalized spacial score (nSPS) is 15.2. The Morgan fingerprint density at radius 3 is 2.75 bits per heavy atom. The zero-order valence-corrected chi connectivity index (χ0v) is 18.4. The van der Waals surface area contributed by atoms with Crippen LogP contribution in [0.1, 0.15) is 12.5 Å². The molecule has 1 aliphatic rings. The van der Waals surface area contributed by atoms with Crippen molar-refractivity contribution in [3.05, 3.63) is 70.1 Å². The molecule has 0 saturated carbocycles. The molecule has 28 heavy (non-hydrogen) atoms. The minimum absolute atomic E-state index is 0.141. The highest BCUT2D eigenvalue weighted by Gasteiger charge is 2.33. The second-order valence-corrected chi connectivity index (χ2v) is 8.33. The van der Waals surface area contributed by atoms with Crippen LogP contribution in [0.15, 0.2) is 64.5 Å². The van der Waals surface area contributed by atoms with Crippen LogP contribution in [-0.2, 0) is 4.79 Å². The second kappa shape index (κ2) is 9.41. The molecule has 2 aromatic rings. The van der Waals surface area contributed by atoms with Gasteiger partial charge in [-0.05, 0) is 48.9 Å². The molecule has 3 rings (SSSR count). The molecule has 2 aromatic carbocycles. The lowest BCUT2D eigenvalue weighted by Crippen LogP contribution is -2.27. The molecule has 144 valence electrons. The summed E-state index contributed by atoms with van der Waals surface area (Å²) in [5.41, 5.74) is 1.58. The number of rotatable bonds is 7. The molecular formula is C21H18BrNO3S2. The van der Waals surface area contributed by atoms with Gasteiger partial charge in [0.15, 0.2) is 15.8 Å². The summed E-state index contributed by atoms with van der Waals surface area (Å²) >= 11 is 10.1. The Balaban J connectivity index is 1.89. The van der Waals surface area contributed by atoms with Crippen LogP contribution in [0.5, 0.6) is 11.5 Å². The second-order valence-electron chi connectivity index (χ2n) is 5.74. The van der Waals surface area contributed by atoms with E-state index in [2.05, 4.69) is 22.5 Å². The van der Waals surface area contributed by atoms with Gasteiger partial charge in [0.2, 0.25) is 0 Å². The minimum atomic E-state index is -0.141. The number of thioether (sulfide) groups is 1. The highest BCUT2D eigenvalue weighted by Crippen LogP contribution is 2.37. The summed E-state index contributed by atoms with van der Waals surface area (Å²) in [7, 11) is 0. The predicted molar refractivity (Wildman–Crippen MR) is 123 cm³/mol. The van der Waals surface area contributed by atoms with Crippen molar-refractivity contribution in [1.29, 1.82) is 0 Å². The van der Waals surface area contributed by atoms with Crippen LogP contribution in [0.2, 0.25) is 0 Å². The molecule has 1 saturated heterocycles. The van der Waals surface area contributed by atoms with Gasteiger partial charge in [0.05, 0.1) is 17.2 Å². The lowest BCUT2D eigenvalue weighted by molar-refractivity contribution is -0.113. The summed E-state index contributed by atoms with van der Waals surface area (Å²) in [6.07, 6.45) is 3.49. The third kappa shape index (κ3) is 4.66. The predicted octanol–water partition coefficient (Wildman–Crippen LogP) is 5.82. The lowest BCUT2D eigenvalue weighted by atomic mass is 10.1. The maximum Gasteiger partial charge on any atom is 0.270 e. The van der Waals surface area contributed by atoms with Gasteiger partial charge < -0.3 is 9.47 Å². The summed E-state index contributed by atoms with van der Waals surface area (Å²) in [6.45, 7) is 6.47. The molecule has 4 nitrogen and oxygen atoms in total. The lowest BCUT2D eigenvalue weighted by Gasteiger charge is -2.14. The van der Waals surface area contributed by atoms with Crippen LogP contribution >= 0.6 is 39.9 Å². The van der Waals surface area contributed by atoms with E-state index in [1.54, 1.807) is 11.0 Å². The summed E-state index contributed by atoms with van der Waals surface area (Å²) in [4.78, 5) is 15.0. The van der Waals surface area contributed by atoms with Crippen molar-refractivity contribution >= 4 is 61.9 Å². The molecule has 1 fully saturated rings. The molecule has 1 aliphatic heterocycles. The van der Waals surface area contributed by atoms with E-state index in [0.717, 1.165) is 15.7 Å². The molecule has 0 atom stereocenters. The fraction of sp³-hybridized carbons (Fsp3) is 0.143. The van der Waals surface area contributed by atoms with Crippen molar-refractivity contribution in [2.75, 3.05) is 18.1 Å². The van der Waals surface area contributed by atoms with Gasteiger partial charge in [-0.2, -0.15) is 0 Å². The van der Waals surface area contributed by atoms with E-state index < -0.39 is 0 Å². The Kier molecular flexibility index (Phi) is 6.93. The molecule has 0 spiro atoms. The number of benzene rings is 2. The van der Waals surface area contributed by atoms with Crippen molar-refractivity contribution in [3.63, 3.8) is 0 Å². The molecule has 0 radical (unpaired) electrons. The molecule has 0 aliphatic carbocycles. The number of amides is 1. The Hall–Kier alpha value is -2.09. The highest BCUT2D eigenvalue weighted by molar-refractivity contribution is 9.10. The Labute approximate surface area is 182 Å².